The van der Waals surface area contributed by atoms with Crippen LogP contribution in [0, 0.1) is 5.92 Å². The summed E-state index contributed by atoms with van der Waals surface area (Å²) in [4.78, 5) is 25.1. The van der Waals surface area contributed by atoms with Gasteiger partial charge < -0.3 is 15.3 Å². The first-order valence-electron chi connectivity index (χ1n) is 5.56. The van der Waals surface area contributed by atoms with Crippen molar-refractivity contribution < 1.29 is 14.7 Å². The van der Waals surface area contributed by atoms with E-state index in [9.17, 15) is 9.59 Å². The van der Waals surface area contributed by atoms with Crippen molar-refractivity contribution in [3.63, 3.8) is 0 Å². The lowest BCUT2D eigenvalue weighted by atomic mass is 10.1. The van der Waals surface area contributed by atoms with Gasteiger partial charge in [0.15, 0.2) is 0 Å². The van der Waals surface area contributed by atoms with Gasteiger partial charge in [-0.3, -0.25) is 4.79 Å². The summed E-state index contributed by atoms with van der Waals surface area (Å²) < 4.78 is 0.686. The predicted molar refractivity (Wildman–Crippen MR) is 68.9 cm³/mol. The molecule has 0 radical (unpaired) electrons. The van der Waals surface area contributed by atoms with Crippen molar-refractivity contribution in [1.82, 2.24) is 10.2 Å². The van der Waals surface area contributed by atoms with Gasteiger partial charge in [-0.25, -0.2) is 4.79 Å². The Morgan fingerprint density at radius 2 is 2.33 bits per heavy atom. The molecule has 2 N–H and O–H groups in total. The van der Waals surface area contributed by atoms with Gasteiger partial charge in [-0.15, -0.1) is 11.3 Å². The minimum Gasteiger partial charge on any atom is -0.481 e. The second-order valence-corrected chi connectivity index (χ2v) is 5.93. The molecule has 5 nitrogen and oxygen atoms in total. The summed E-state index contributed by atoms with van der Waals surface area (Å²) in [5.74, 6) is -1.28. The number of rotatable bonds is 3. The number of carboxylic acid groups (broad SMARTS) is 1. The van der Waals surface area contributed by atoms with Crippen molar-refractivity contribution in [2.45, 2.75) is 13.0 Å². The summed E-state index contributed by atoms with van der Waals surface area (Å²) in [5, 5.41) is 11.6. The van der Waals surface area contributed by atoms with Gasteiger partial charge in [0, 0.05) is 18.0 Å². The number of carbonyl (C=O) groups excluding carboxylic acids is 1. The van der Waals surface area contributed by atoms with E-state index in [-0.39, 0.29) is 12.6 Å². The largest absolute Gasteiger partial charge is 0.481 e. The second kappa shape index (κ2) is 5.58. The highest BCUT2D eigenvalue weighted by atomic mass is 35.5. The molecule has 2 rings (SSSR count). The molecular formula is C11H13ClN2O3S. The maximum absolute atomic E-state index is 11.8. The number of halogens is 1. The molecule has 0 aromatic carbocycles. The monoisotopic (exact) mass is 288 g/mol. The van der Waals surface area contributed by atoms with E-state index in [0.29, 0.717) is 23.8 Å². The van der Waals surface area contributed by atoms with Crippen molar-refractivity contribution in [3.8, 4) is 0 Å². The number of amides is 2. The lowest BCUT2D eigenvalue weighted by molar-refractivity contribution is -0.141. The molecule has 0 bridgehead atoms. The number of hydrogen-bond donors (Lipinski definition) is 2. The maximum Gasteiger partial charge on any atom is 0.317 e. The van der Waals surface area contributed by atoms with Gasteiger partial charge in [-0.1, -0.05) is 11.6 Å². The number of carbonyl (C=O) groups is 2. The van der Waals surface area contributed by atoms with E-state index in [1.54, 1.807) is 6.07 Å². The molecule has 1 aliphatic heterocycles. The van der Waals surface area contributed by atoms with Crippen LogP contribution in [-0.2, 0) is 11.3 Å². The number of hydrogen-bond acceptors (Lipinski definition) is 3. The summed E-state index contributed by atoms with van der Waals surface area (Å²) in [5.41, 5.74) is 0. The Morgan fingerprint density at radius 1 is 1.56 bits per heavy atom. The molecule has 1 unspecified atom stereocenters. The topological polar surface area (TPSA) is 69.6 Å². The maximum atomic E-state index is 11.8. The van der Waals surface area contributed by atoms with Gasteiger partial charge in [0.05, 0.1) is 16.8 Å². The first-order valence-corrected chi connectivity index (χ1v) is 6.75. The van der Waals surface area contributed by atoms with Gasteiger partial charge in [-0.2, -0.15) is 0 Å². The SMILES string of the molecule is O=C(O)C1CCN(C(=O)NCc2ccc(Cl)s2)C1. The standard InChI is InChI=1S/C11H13ClN2O3S/c12-9-2-1-8(18-9)5-13-11(17)14-4-3-7(6-14)10(15)16/h1-2,7H,3-6H2,(H,13,17)(H,15,16). The molecule has 7 heteroatoms. The van der Waals surface area contributed by atoms with Gasteiger partial charge in [0.25, 0.3) is 0 Å². The van der Waals surface area contributed by atoms with Crippen LogP contribution in [0.4, 0.5) is 4.79 Å². The van der Waals surface area contributed by atoms with E-state index < -0.39 is 11.9 Å². The minimum absolute atomic E-state index is 0.219. The van der Waals surface area contributed by atoms with Gasteiger partial charge in [0.2, 0.25) is 0 Å². The molecule has 2 amide bonds. The number of nitrogens with zero attached hydrogens (tertiary/aromatic N) is 1. The molecule has 1 aliphatic rings. The second-order valence-electron chi connectivity index (χ2n) is 4.13. The zero-order valence-electron chi connectivity index (χ0n) is 9.56. The van der Waals surface area contributed by atoms with Gasteiger partial charge >= 0.3 is 12.0 Å². The lowest BCUT2D eigenvalue weighted by Crippen LogP contribution is -2.38. The van der Waals surface area contributed by atoms with Crippen LogP contribution in [0.5, 0.6) is 0 Å². The van der Waals surface area contributed by atoms with Crippen LogP contribution >= 0.6 is 22.9 Å². The highest BCUT2D eigenvalue weighted by molar-refractivity contribution is 7.16. The van der Waals surface area contributed by atoms with Crippen molar-refractivity contribution >= 4 is 34.9 Å². The highest BCUT2D eigenvalue weighted by Crippen LogP contribution is 2.21. The molecule has 1 atom stereocenters. The number of aliphatic carboxylic acids is 1. The van der Waals surface area contributed by atoms with E-state index in [1.165, 1.54) is 16.2 Å². The molecule has 1 aromatic heterocycles. The average Bonchev–Trinajstić information content (AvgIpc) is 2.94. The number of urea groups is 1. The Balaban J connectivity index is 1.80. The van der Waals surface area contributed by atoms with E-state index in [1.807, 2.05) is 6.07 Å². The van der Waals surface area contributed by atoms with E-state index in [0.717, 1.165) is 4.88 Å². The Bertz CT molecular complexity index is 463. The Kier molecular flexibility index (Phi) is 4.08. The van der Waals surface area contributed by atoms with Crippen molar-refractivity contribution in [1.29, 1.82) is 0 Å². The first kappa shape index (κ1) is 13.2. The van der Waals surface area contributed by atoms with E-state index in [4.69, 9.17) is 16.7 Å². The highest BCUT2D eigenvalue weighted by Gasteiger charge is 2.30. The fourth-order valence-electron chi connectivity index (χ4n) is 1.87. The van der Waals surface area contributed by atoms with Crippen molar-refractivity contribution in [2.24, 2.45) is 5.92 Å². The Hall–Kier alpha value is -1.27. The third-order valence-electron chi connectivity index (χ3n) is 2.87. The third kappa shape index (κ3) is 3.14. The van der Waals surface area contributed by atoms with E-state index >= 15 is 0 Å². The molecule has 0 aliphatic carbocycles. The lowest BCUT2D eigenvalue weighted by Gasteiger charge is -2.16. The van der Waals surface area contributed by atoms with Crippen LogP contribution in [0.3, 0.4) is 0 Å². The zero-order chi connectivity index (χ0) is 13.1. The molecule has 98 valence electrons. The molecule has 0 spiro atoms. The summed E-state index contributed by atoms with van der Waals surface area (Å²) in [6.07, 6.45) is 0.521. The normalized spacial score (nSPS) is 18.9. The summed E-state index contributed by atoms with van der Waals surface area (Å²) in [6.45, 7) is 1.20. The quantitative estimate of drug-likeness (QED) is 0.894. The van der Waals surface area contributed by atoms with Crippen LogP contribution < -0.4 is 5.32 Å². The summed E-state index contributed by atoms with van der Waals surface area (Å²) >= 11 is 7.20. The Morgan fingerprint density at radius 3 is 2.89 bits per heavy atom. The van der Waals surface area contributed by atoms with Crippen LogP contribution in [0.2, 0.25) is 4.34 Å². The smallest absolute Gasteiger partial charge is 0.317 e. The number of thiophene rings is 1. The van der Waals surface area contributed by atoms with Crippen molar-refractivity contribution in [2.75, 3.05) is 13.1 Å². The molecule has 1 aromatic rings. The molecule has 18 heavy (non-hydrogen) atoms. The summed E-state index contributed by atoms with van der Waals surface area (Å²) in [6, 6.07) is 3.42. The fourth-order valence-corrected chi connectivity index (χ4v) is 2.89. The molecular weight excluding hydrogens is 276 g/mol. The molecule has 1 fully saturated rings. The first-order chi connectivity index (χ1) is 8.56. The minimum atomic E-state index is -0.838. The third-order valence-corrected chi connectivity index (χ3v) is 4.10. The predicted octanol–water partition coefficient (Wildman–Crippen LogP) is 2.02. The fraction of sp³-hybridized carbons (Fsp3) is 0.455. The van der Waals surface area contributed by atoms with Crippen LogP contribution in [0.1, 0.15) is 11.3 Å². The van der Waals surface area contributed by atoms with E-state index in [2.05, 4.69) is 5.32 Å². The Labute approximate surface area is 113 Å². The average molecular weight is 289 g/mol. The number of likely N-dealkylation sites (tertiary alicyclic amines) is 1. The van der Waals surface area contributed by atoms with Crippen molar-refractivity contribution in [3.05, 3.63) is 21.3 Å². The van der Waals surface area contributed by atoms with Gasteiger partial charge in [0.1, 0.15) is 0 Å². The van der Waals surface area contributed by atoms with Crippen LogP contribution in [0.15, 0.2) is 12.1 Å². The molecule has 1 saturated heterocycles. The number of nitrogens with one attached hydrogen (secondary N) is 1. The van der Waals surface area contributed by atoms with Crippen LogP contribution in [0.25, 0.3) is 0 Å². The zero-order valence-corrected chi connectivity index (χ0v) is 11.1. The molecule has 0 saturated carbocycles. The molecule has 2 heterocycles. The number of carboxylic acids is 1. The summed E-state index contributed by atoms with van der Waals surface area (Å²) in [7, 11) is 0. The van der Waals surface area contributed by atoms with Crippen LogP contribution in [-0.4, -0.2) is 35.1 Å². The van der Waals surface area contributed by atoms with Gasteiger partial charge in [-0.05, 0) is 18.6 Å².